The molecule has 0 aromatic rings. The second kappa shape index (κ2) is 4.73. The van der Waals surface area contributed by atoms with Crippen molar-refractivity contribution in [3.05, 3.63) is 23.8 Å². The second-order valence-corrected chi connectivity index (χ2v) is 5.42. The van der Waals surface area contributed by atoms with E-state index in [1.54, 1.807) is 6.08 Å². The van der Waals surface area contributed by atoms with Crippen LogP contribution in [0.1, 0.15) is 26.2 Å². The Morgan fingerprint density at radius 3 is 2.69 bits per heavy atom. The summed E-state index contributed by atoms with van der Waals surface area (Å²) in [5, 5.41) is 0. The van der Waals surface area contributed by atoms with Crippen molar-refractivity contribution in [2.45, 2.75) is 36.7 Å². The summed E-state index contributed by atoms with van der Waals surface area (Å²) in [5.74, 6) is -1.74. The van der Waals surface area contributed by atoms with E-state index in [0.29, 0.717) is 6.42 Å². The van der Waals surface area contributed by atoms with E-state index in [1.807, 2.05) is 6.92 Å². The van der Waals surface area contributed by atoms with Crippen molar-refractivity contribution in [2.24, 2.45) is 0 Å². The number of hydrogen-bond donors (Lipinski definition) is 0. The molecule has 0 aliphatic heterocycles. The fraction of sp³-hybridized carbons (Fsp3) is 0.545. The van der Waals surface area contributed by atoms with E-state index in [0.717, 1.165) is 6.42 Å². The molecule has 0 saturated heterocycles. The number of hydrogen-bond acceptors (Lipinski definition) is 1. The maximum Gasteiger partial charge on any atom is 0.454 e. The van der Waals surface area contributed by atoms with Gasteiger partial charge in [-0.1, -0.05) is 47.5 Å². The number of carbonyl (C=O) groups excluding carboxylic acids is 1. The molecule has 90 valence electrons. The Labute approximate surface area is 101 Å². The van der Waals surface area contributed by atoms with E-state index in [4.69, 9.17) is 0 Å². The summed E-state index contributed by atoms with van der Waals surface area (Å²) >= 11 is 3.38. The van der Waals surface area contributed by atoms with E-state index in [9.17, 15) is 18.0 Å². The predicted molar refractivity (Wildman–Crippen MR) is 59.5 cm³/mol. The zero-order chi connectivity index (χ0) is 12.4. The molecule has 0 aromatic heterocycles. The van der Waals surface area contributed by atoms with Gasteiger partial charge in [0.15, 0.2) is 0 Å². The van der Waals surface area contributed by atoms with Crippen LogP contribution in [-0.2, 0) is 4.79 Å². The van der Waals surface area contributed by atoms with Gasteiger partial charge in [-0.3, -0.25) is 4.79 Å². The highest BCUT2D eigenvalue weighted by atomic mass is 79.9. The van der Waals surface area contributed by atoms with Crippen molar-refractivity contribution in [3.63, 3.8) is 0 Å². The topological polar surface area (TPSA) is 17.1 Å². The monoisotopic (exact) mass is 296 g/mol. The molecule has 1 nitrogen and oxygen atoms in total. The van der Waals surface area contributed by atoms with Crippen LogP contribution in [0.2, 0.25) is 0 Å². The van der Waals surface area contributed by atoms with Gasteiger partial charge < -0.3 is 0 Å². The van der Waals surface area contributed by atoms with E-state index in [-0.39, 0.29) is 12.0 Å². The Kier molecular flexibility index (Phi) is 3.99. The molecule has 0 fully saturated rings. The minimum atomic E-state index is -4.78. The first-order valence-corrected chi connectivity index (χ1v) is 5.76. The van der Waals surface area contributed by atoms with Crippen LogP contribution in [0.15, 0.2) is 23.8 Å². The van der Waals surface area contributed by atoms with Crippen molar-refractivity contribution in [1.29, 1.82) is 0 Å². The van der Waals surface area contributed by atoms with Crippen molar-refractivity contribution in [1.82, 2.24) is 0 Å². The number of carbonyl (C=O) groups is 1. The van der Waals surface area contributed by atoms with Gasteiger partial charge in [-0.2, -0.15) is 13.2 Å². The molecule has 1 rings (SSSR count). The molecule has 1 unspecified atom stereocenters. The molecule has 0 aromatic carbocycles. The lowest BCUT2D eigenvalue weighted by molar-refractivity contribution is -0.166. The minimum Gasteiger partial charge on any atom is -0.284 e. The number of ketones is 1. The third-order valence-corrected chi connectivity index (χ3v) is 3.33. The summed E-state index contributed by atoms with van der Waals surface area (Å²) < 4.78 is 36.2. The quantitative estimate of drug-likeness (QED) is 0.721. The molecule has 0 N–H and O–H groups in total. The van der Waals surface area contributed by atoms with Crippen LogP contribution in [0.25, 0.3) is 0 Å². The van der Waals surface area contributed by atoms with E-state index >= 15 is 0 Å². The molecule has 1 aliphatic carbocycles. The molecule has 16 heavy (non-hydrogen) atoms. The van der Waals surface area contributed by atoms with Crippen LogP contribution in [0, 0.1) is 0 Å². The van der Waals surface area contributed by atoms with Crippen LogP contribution >= 0.6 is 15.9 Å². The Hall–Kier alpha value is -0.580. The van der Waals surface area contributed by atoms with Crippen LogP contribution in [0.3, 0.4) is 0 Å². The smallest absolute Gasteiger partial charge is 0.284 e. The van der Waals surface area contributed by atoms with Crippen molar-refractivity contribution < 1.29 is 18.0 Å². The molecule has 0 saturated carbocycles. The molecular formula is C11H12BrF3O. The van der Waals surface area contributed by atoms with Crippen molar-refractivity contribution in [2.75, 3.05) is 0 Å². The third-order valence-electron chi connectivity index (χ3n) is 2.39. The Bertz CT molecular complexity index is 344. The first-order valence-electron chi connectivity index (χ1n) is 4.97. The van der Waals surface area contributed by atoms with Crippen LogP contribution in [0.4, 0.5) is 13.2 Å². The second-order valence-electron chi connectivity index (χ2n) is 3.84. The fourth-order valence-corrected chi connectivity index (χ4v) is 2.55. The van der Waals surface area contributed by atoms with Gasteiger partial charge in [-0.15, -0.1) is 0 Å². The molecular weight excluding hydrogens is 285 g/mol. The van der Waals surface area contributed by atoms with Crippen LogP contribution in [-0.4, -0.2) is 16.3 Å². The third kappa shape index (κ3) is 3.20. The average molecular weight is 297 g/mol. The van der Waals surface area contributed by atoms with E-state index in [2.05, 4.69) is 15.9 Å². The number of alkyl halides is 4. The van der Waals surface area contributed by atoms with Gasteiger partial charge in [-0.25, -0.2) is 0 Å². The van der Waals surface area contributed by atoms with Gasteiger partial charge in [0.2, 0.25) is 0 Å². The normalized spacial score (nSPS) is 25.4. The standard InChI is InChI=1S/C11H12BrF3O/c1-2-5-10(12)6-3-4-8(7-10)9(16)11(13,14)15/h3-4,6H,2,5,7H2,1H3. The number of Topliss-reactive ketones (excluding diaryl/α,β-unsaturated/α-hetero) is 1. The summed E-state index contributed by atoms with van der Waals surface area (Å²) in [7, 11) is 0. The lowest BCUT2D eigenvalue weighted by Gasteiger charge is -2.27. The zero-order valence-electron chi connectivity index (χ0n) is 8.77. The molecule has 1 atom stereocenters. The van der Waals surface area contributed by atoms with Gasteiger partial charge in [0.25, 0.3) is 5.78 Å². The zero-order valence-corrected chi connectivity index (χ0v) is 10.4. The maximum atomic E-state index is 12.2. The molecule has 0 amide bonds. The van der Waals surface area contributed by atoms with Gasteiger partial charge in [-0.05, 0) is 12.8 Å². The highest BCUT2D eigenvalue weighted by Gasteiger charge is 2.42. The minimum absolute atomic E-state index is 0.0929. The Balaban J connectivity index is 2.83. The lowest BCUT2D eigenvalue weighted by atomic mass is 9.88. The van der Waals surface area contributed by atoms with Gasteiger partial charge in [0, 0.05) is 9.90 Å². The number of halogens is 4. The number of allylic oxidation sites excluding steroid dienone is 4. The molecule has 0 heterocycles. The highest BCUT2D eigenvalue weighted by molar-refractivity contribution is 9.10. The number of rotatable bonds is 3. The summed E-state index contributed by atoms with van der Waals surface area (Å²) in [4.78, 5) is 11.1. The molecule has 1 aliphatic rings. The van der Waals surface area contributed by atoms with Crippen LogP contribution < -0.4 is 0 Å². The molecule has 0 radical (unpaired) electrons. The SMILES string of the molecule is CCCC1(Br)C=CC=C(C(=O)C(F)(F)F)C1. The largest absolute Gasteiger partial charge is 0.454 e. The highest BCUT2D eigenvalue weighted by Crippen LogP contribution is 2.37. The predicted octanol–water partition coefficient (Wildman–Crippen LogP) is 3.94. The Morgan fingerprint density at radius 2 is 2.19 bits per heavy atom. The van der Waals surface area contributed by atoms with Crippen LogP contribution in [0.5, 0.6) is 0 Å². The molecule has 5 heteroatoms. The summed E-state index contributed by atoms with van der Waals surface area (Å²) in [6.45, 7) is 1.94. The lowest BCUT2D eigenvalue weighted by Crippen LogP contribution is -2.30. The fourth-order valence-electron chi connectivity index (χ4n) is 1.70. The van der Waals surface area contributed by atoms with Crippen molar-refractivity contribution in [3.8, 4) is 0 Å². The molecule has 0 bridgehead atoms. The summed E-state index contributed by atoms with van der Waals surface area (Å²) in [5.41, 5.74) is -0.180. The average Bonchev–Trinajstić information content (AvgIpc) is 2.15. The maximum absolute atomic E-state index is 12.2. The van der Waals surface area contributed by atoms with Crippen molar-refractivity contribution >= 4 is 21.7 Å². The van der Waals surface area contributed by atoms with E-state index in [1.165, 1.54) is 12.2 Å². The van der Waals surface area contributed by atoms with Gasteiger partial charge in [0.1, 0.15) is 0 Å². The van der Waals surface area contributed by atoms with Gasteiger partial charge >= 0.3 is 6.18 Å². The van der Waals surface area contributed by atoms with Gasteiger partial charge in [0.05, 0.1) is 0 Å². The van der Waals surface area contributed by atoms with E-state index < -0.39 is 16.3 Å². The summed E-state index contributed by atoms with van der Waals surface area (Å²) in [6.07, 6.45) is 1.39. The Morgan fingerprint density at radius 1 is 1.56 bits per heavy atom. The first kappa shape index (κ1) is 13.5. The first-order chi connectivity index (χ1) is 7.28. The molecule has 0 spiro atoms. The summed E-state index contributed by atoms with van der Waals surface area (Å²) in [6, 6.07) is 0.